The molecule has 1 aromatic rings. The summed E-state index contributed by atoms with van der Waals surface area (Å²) in [6.45, 7) is 3.51. The summed E-state index contributed by atoms with van der Waals surface area (Å²) in [7, 11) is 0. The fraction of sp³-hybridized carbons (Fsp3) is 0.250. The molecule has 0 aliphatic carbocycles. The number of nitrogens with zero attached hydrogens (tertiary/aromatic N) is 1. The standard InChI is InChI=1S/C8H8ClNO2/c1-4-3-6(9)10-7(5(4)2)8(11)12/h3H,1-2H3,(H,11,12). The molecule has 64 valence electrons. The summed E-state index contributed by atoms with van der Waals surface area (Å²) in [5.74, 6) is -1.04. The number of hydrogen-bond donors (Lipinski definition) is 1. The SMILES string of the molecule is Cc1cc(Cl)nc(C(=O)O)c1C. The third-order valence-electron chi connectivity index (χ3n) is 1.70. The van der Waals surface area contributed by atoms with Gasteiger partial charge in [-0.3, -0.25) is 0 Å². The molecular weight excluding hydrogens is 178 g/mol. The van der Waals surface area contributed by atoms with E-state index >= 15 is 0 Å². The van der Waals surface area contributed by atoms with Crippen molar-refractivity contribution in [2.75, 3.05) is 0 Å². The molecule has 1 rings (SSSR count). The number of aromatic nitrogens is 1. The van der Waals surface area contributed by atoms with E-state index < -0.39 is 5.97 Å². The maximum atomic E-state index is 10.6. The van der Waals surface area contributed by atoms with E-state index in [9.17, 15) is 4.79 Å². The Balaban J connectivity index is 3.37. The molecule has 0 atom stereocenters. The Bertz CT molecular complexity index is 336. The number of carboxylic acids is 1. The third-order valence-corrected chi connectivity index (χ3v) is 1.90. The monoisotopic (exact) mass is 185 g/mol. The molecule has 1 aromatic heterocycles. The molecule has 0 amide bonds. The quantitative estimate of drug-likeness (QED) is 0.682. The van der Waals surface area contributed by atoms with E-state index in [2.05, 4.69) is 4.98 Å². The zero-order valence-corrected chi connectivity index (χ0v) is 7.51. The second kappa shape index (κ2) is 3.11. The summed E-state index contributed by atoms with van der Waals surface area (Å²) in [5, 5.41) is 8.91. The Labute approximate surface area is 75.0 Å². The molecule has 0 saturated carbocycles. The van der Waals surface area contributed by atoms with E-state index in [4.69, 9.17) is 16.7 Å². The molecule has 0 aliphatic heterocycles. The first-order valence-corrected chi connectivity index (χ1v) is 3.77. The van der Waals surface area contributed by atoms with Gasteiger partial charge >= 0.3 is 5.97 Å². The number of hydrogen-bond acceptors (Lipinski definition) is 2. The van der Waals surface area contributed by atoms with E-state index in [1.54, 1.807) is 19.9 Å². The van der Waals surface area contributed by atoms with Crippen LogP contribution in [0.4, 0.5) is 0 Å². The van der Waals surface area contributed by atoms with Gasteiger partial charge in [-0.1, -0.05) is 11.6 Å². The molecule has 1 heterocycles. The van der Waals surface area contributed by atoms with Gasteiger partial charge in [-0.2, -0.15) is 0 Å². The number of pyridine rings is 1. The van der Waals surface area contributed by atoms with Crippen molar-refractivity contribution in [2.24, 2.45) is 0 Å². The van der Waals surface area contributed by atoms with Gasteiger partial charge < -0.3 is 5.11 Å². The summed E-state index contributed by atoms with van der Waals surface area (Å²) in [6, 6.07) is 1.64. The predicted molar refractivity (Wildman–Crippen MR) is 45.7 cm³/mol. The maximum Gasteiger partial charge on any atom is 0.354 e. The van der Waals surface area contributed by atoms with Crippen LogP contribution < -0.4 is 0 Å². The molecule has 0 aliphatic rings. The van der Waals surface area contributed by atoms with Crippen LogP contribution in [-0.4, -0.2) is 16.1 Å². The van der Waals surface area contributed by atoms with Crippen molar-refractivity contribution in [3.63, 3.8) is 0 Å². The first kappa shape index (κ1) is 9.00. The summed E-state index contributed by atoms with van der Waals surface area (Å²) in [5.41, 5.74) is 1.53. The molecule has 12 heavy (non-hydrogen) atoms. The Morgan fingerprint density at radius 1 is 1.58 bits per heavy atom. The zero-order valence-electron chi connectivity index (χ0n) is 6.76. The fourth-order valence-corrected chi connectivity index (χ4v) is 1.15. The van der Waals surface area contributed by atoms with Crippen LogP contribution in [0.5, 0.6) is 0 Å². The van der Waals surface area contributed by atoms with E-state index in [0.717, 1.165) is 5.56 Å². The molecule has 4 heteroatoms. The molecule has 1 N–H and O–H groups in total. The average molecular weight is 186 g/mol. The van der Waals surface area contributed by atoms with Crippen molar-refractivity contribution < 1.29 is 9.90 Å². The summed E-state index contributed by atoms with van der Waals surface area (Å²) in [4.78, 5) is 14.3. The smallest absolute Gasteiger partial charge is 0.354 e. The lowest BCUT2D eigenvalue weighted by Crippen LogP contribution is -2.04. The van der Waals surface area contributed by atoms with Gasteiger partial charge in [0.25, 0.3) is 0 Å². The maximum absolute atomic E-state index is 10.6. The van der Waals surface area contributed by atoms with Gasteiger partial charge in [0, 0.05) is 0 Å². The van der Waals surface area contributed by atoms with Crippen molar-refractivity contribution in [3.05, 3.63) is 28.0 Å². The van der Waals surface area contributed by atoms with Crippen LogP contribution in [0.3, 0.4) is 0 Å². The number of aromatic carboxylic acids is 1. The zero-order chi connectivity index (χ0) is 9.30. The first-order valence-electron chi connectivity index (χ1n) is 3.39. The predicted octanol–water partition coefficient (Wildman–Crippen LogP) is 2.05. The second-order valence-electron chi connectivity index (χ2n) is 2.54. The van der Waals surface area contributed by atoms with Gasteiger partial charge in [-0.05, 0) is 31.0 Å². The van der Waals surface area contributed by atoms with Gasteiger partial charge in [0.05, 0.1) is 0 Å². The van der Waals surface area contributed by atoms with Crippen molar-refractivity contribution in [1.29, 1.82) is 0 Å². The highest BCUT2D eigenvalue weighted by Crippen LogP contribution is 2.15. The van der Waals surface area contributed by atoms with Gasteiger partial charge in [-0.25, -0.2) is 9.78 Å². The molecule has 0 saturated heterocycles. The Hall–Kier alpha value is -1.09. The lowest BCUT2D eigenvalue weighted by molar-refractivity contribution is 0.0689. The van der Waals surface area contributed by atoms with Crippen LogP contribution in [0.1, 0.15) is 21.6 Å². The van der Waals surface area contributed by atoms with E-state index in [0.29, 0.717) is 5.56 Å². The lowest BCUT2D eigenvalue weighted by Gasteiger charge is -2.03. The molecule has 0 fully saturated rings. The number of carbonyl (C=O) groups is 1. The Morgan fingerprint density at radius 2 is 2.17 bits per heavy atom. The Morgan fingerprint density at radius 3 is 2.67 bits per heavy atom. The van der Waals surface area contributed by atoms with Gasteiger partial charge in [-0.15, -0.1) is 0 Å². The summed E-state index contributed by atoms with van der Waals surface area (Å²) in [6.07, 6.45) is 0. The topological polar surface area (TPSA) is 50.2 Å². The summed E-state index contributed by atoms with van der Waals surface area (Å²) >= 11 is 5.59. The van der Waals surface area contributed by atoms with Gasteiger partial charge in [0.1, 0.15) is 5.15 Å². The molecular formula is C8H8ClNO2. The van der Waals surface area contributed by atoms with Crippen LogP contribution in [0.2, 0.25) is 5.15 Å². The molecule has 0 unspecified atom stereocenters. The van der Waals surface area contributed by atoms with Crippen molar-refractivity contribution in [2.45, 2.75) is 13.8 Å². The van der Waals surface area contributed by atoms with E-state index in [1.165, 1.54) is 0 Å². The molecule has 0 spiro atoms. The molecule has 0 bridgehead atoms. The lowest BCUT2D eigenvalue weighted by atomic mass is 10.1. The molecule has 0 radical (unpaired) electrons. The number of rotatable bonds is 1. The third kappa shape index (κ3) is 1.56. The van der Waals surface area contributed by atoms with Crippen molar-refractivity contribution >= 4 is 17.6 Å². The fourth-order valence-electron chi connectivity index (χ4n) is 0.905. The largest absolute Gasteiger partial charge is 0.477 e. The average Bonchev–Trinajstić information content (AvgIpc) is 1.96. The highest BCUT2D eigenvalue weighted by molar-refractivity contribution is 6.29. The number of aryl methyl sites for hydroxylation is 1. The number of carboxylic acid groups (broad SMARTS) is 1. The molecule has 3 nitrogen and oxygen atoms in total. The minimum atomic E-state index is -1.04. The van der Waals surface area contributed by atoms with Gasteiger partial charge in [0.15, 0.2) is 5.69 Å². The van der Waals surface area contributed by atoms with E-state index in [-0.39, 0.29) is 10.8 Å². The second-order valence-corrected chi connectivity index (χ2v) is 2.93. The highest BCUT2D eigenvalue weighted by Gasteiger charge is 2.11. The van der Waals surface area contributed by atoms with E-state index in [1.807, 2.05) is 0 Å². The van der Waals surface area contributed by atoms with Crippen molar-refractivity contribution in [3.8, 4) is 0 Å². The Kier molecular flexibility index (Phi) is 2.33. The van der Waals surface area contributed by atoms with Crippen LogP contribution in [0, 0.1) is 13.8 Å². The minimum Gasteiger partial charge on any atom is -0.477 e. The van der Waals surface area contributed by atoms with Crippen LogP contribution >= 0.6 is 11.6 Å². The van der Waals surface area contributed by atoms with Crippen LogP contribution in [0.15, 0.2) is 6.07 Å². The number of halogens is 1. The highest BCUT2D eigenvalue weighted by atomic mass is 35.5. The van der Waals surface area contributed by atoms with Gasteiger partial charge in [0.2, 0.25) is 0 Å². The van der Waals surface area contributed by atoms with Crippen molar-refractivity contribution in [1.82, 2.24) is 4.98 Å². The molecule has 0 aromatic carbocycles. The first-order chi connectivity index (χ1) is 5.52. The normalized spacial score (nSPS) is 9.92. The van der Waals surface area contributed by atoms with Crippen LogP contribution in [-0.2, 0) is 0 Å². The summed E-state index contributed by atoms with van der Waals surface area (Å²) < 4.78 is 0. The van der Waals surface area contributed by atoms with Crippen LogP contribution in [0.25, 0.3) is 0 Å². The minimum absolute atomic E-state index is 0.0278.